The van der Waals surface area contributed by atoms with E-state index in [2.05, 4.69) is 5.32 Å². The van der Waals surface area contributed by atoms with Crippen molar-refractivity contribution in [2.75, 3.05) is 13.1 Å². The van der Waals surface area contributed by atoms with Gasteiger partial charge < -0.3 is 15.3 Å². The molecule has 1 fully saturated rings. The molecule has 0 spiro atoms. The second-order valence-electron chi connectivity index (χ2n) is 6.44. The number of nitrogens with one attached hydrogen (secondary N) is 1. The van der Waals surface area contributed by atoms with Gasteiger partial charge in [-0.05, 0) is 18.3 Å². The third kappa shape index (κ3) is 4.21. The molecule has 0 aliphatic carbocycles. The van der Waals surface area contributed by atoms with Crippen molar-refractivity contribution in [1.82, 2.24) is 10.2 Å². The third-order valence-corrected chi connectivity index (χ3v) is 3.57. The molecule has 0 aromatic rings. The summed E-state index contributed by atoms with van der Waals surface area (Å²) in [4.78, 5) is 36.3. The molecule has 20 heavy (non-hydrogen) atoms. The van der Waals surface area contributed by atoms with Gasteiger partial charge in [-0.25, -0.2) is 0 Å². The van der Waals surface area contributed by atoms with Crippen LogP contribution in [0.5, 0.6) is 0 Å². The van der Waals surface area contributed by atoms with Crippen molar-refractivity contribution in [3.63, 3.8) is 0 Å². The Bertz CT molecular complexity index is 392. The average Bonchev–Trinajstić information content (AvgIpc) is 2.26. The van der Waals surface area contributed by atoms with Gasteiger partial charge in [0.2, 0.25) is 11.8 Å². The van der Waals surface area contributed by atoms with E-state index in [1.54, 1.807) is 25.7 Å². The van der Waals surface area contributed by atoms with Gasteiger partial charge in [0.25, 0.3) is 0 Å². The van der Waals surface area contributed by atoms with Gasteiger partial charge in [-0.15, -0.1) is 0 Å². The molecule has 1 rings (SSSR count). The first kappa shape index (κ1) is 16.5. The predicted octanol–water partition coefficient (Wildman–Crippen LogP) is 0.860. The molecule has 1 aliphatic rings. The van der Waals surface area contributed by atoms with Crippen molar-refractivity contribution < 1.29 is 19.5 Å². The molecule has 0 saturated carbocycles. The summed E-state index contributed by atoms with van der Waals surface area (Å²) in [5.74, 6) is -2.51. The van der Waals surface area contributed by atoms with E-state index in [1.807, 2.05) is 0 Å². The fourth-order valence-corrected chi connectivity index (χ4v) is 2.56. The molecule has 6 heteroatoms. The largest absolute Gasteiger partial charge is 0.481 e. The van der Waals surface area contributed by atoms with Crippen LogP contribution in [-0.2, 0) is 14.4 Å². The van der Waals surface area contributed by atoms with Crippen LogP contribution in [0.2, 0.25) is 0 Å². The summed E-state index contributed by atoms with van der Waals surface area (Å²) in [5, 5.41) is 12.1. The average molecular weight is 284 g/mol. The van der Waals surface area contributed by atoms with Crippen LogP contribution < -0.4 is 5.32 Å². The molecule has 1 aliphatic heterocycles. The van der Waals surface area contributed by atoms with E-state index in [0.29, 0.717) is 25.9 Å². The maximum Gasteiger partial charge on any atom is 0.316 e. The minimum Gasteiger partial charge on any atom is -0.481 e. The first-order chi connectivity index (χ1) is 9.12. The number of likely N-dealkylation sites (tertiary alicyclic amines) is 1. The molecule has 6 nitrogen and oxygen atoms in total. The fraction of sp³-hybridized carbons (Fsp3) is 0.786. The lowest BCUT2D eigenvalue weighted by Crippen LogP contribution is -2.51. The molecule has 1 saturated heterocycles. The Balaban J connectivity index is 2.66. The Morgan fingerprint density at radius 1 is 1.20 bits per heavy atom. The van der Waals surface area contributed by atoms with Crippen LogP contribution in [-0.4, -0.2) is 46.9 Å². The lowest BCUT2D eigenvalue weighted by atomic mass is 9.79. The van der Waals surface area contributed by atoms with Crippen molar-refractivity contribution in [3.05, 3.63) is 0 Å². The van der Waals surface area contributed by atoms with Gasteiger partial charge in [-0.3, -0.25) is 14.4 Å². The zero-order valence-electron chi connectivity index (χ0n) is 12.6. The maximum atomic E-state index is 12.4. The SMILES string of the molecule is CC(=O)NC1CCN(C(=O)C(C(=O)O)C(C)(C)C)CC1. The van der Waals surface area contributed by atoms with Crippen LogP contribution in [0.4, 0.5) is 0 Å². The number of hydrogen-bond acceptors (Lipinski definition) is 3. The van der Waals surface area contributed by atoms with Gasteiger partial charge in [0.05, 0.1) is 0 Å². The van der Waals surface area contributed by atoms with E-state index in [4.69, 9.17) is 0 Å². The quantitative estimate of drug-likeness (QED) is 0.753. The fourth-order valence-electron chi connectivity index (χ4n) is 2.56. The zero-order valence-corrected chi connectivity index (χ0v) is 12.6. The van der Waals surface area contributed by atoms with E-state index < -0.39 is 17.3 Å². The highest BCUT2D eigenvalue weighted by atomic mass is 16.4. The van der Waals surface area contributed by atoms with Crippen molar-refractivity contribution in [2.24, 2.45) is 11.3 Å². The summed E-state index contributed by atoms with van der Waals surface area (Å²) in [5.41, 5.74) is -0.614. The highest BCUT2D eigenvalue weighted by Gasteiger charge is 2.40. The molecule has 1 atom stereocenters. The summed E-state index contributed by atoms with van der Waals surface area (Å²) in [6, 6.07) is 0.0782. The van der Waals surface area contributed by atoms with E-state index in [0.717, 1.165) is 0 Å². The van der Waals surface area contributed by atoms with E-state index >= 15 is 0 Å². The minimum absolute atomic E-state index is 0.0760. The molecular weight excluding hydrogens is 260 g/mol. The number of nitrogens with zero attached hydrogens (tertiary/aromatic N) is 1. The number of aliphatic carboxylic acids is 1. The normalized spacial score (nSPS) is 18.5. The van der Waals surface area contributed by atoms with Crippen molar-refractivity contribution >= 4 is 17.8 Å². The standard InChI is InChI=1S/C14H24N2O4/c1-9(17)15-10-5-7-16(8-6-10)12(18)11(13(19)20)14(2,3)4/h10-11H,5-8H2,1-4H3,(H,15,17)(H,19,20). The number of amides is 2. The highest BCUT2D eigenvalue weighted by molar-refractivity contribution is 5.97. The molecule has 114 valence electrons. The van der Waals surface area contributed by atoms with Gasteiger partial charge >= 0.3 is 5.97 Å². The Morgan fingerprint density at radius 3 is 2.05 bits per heavy atom. The molecular formula is C14H24N2O4. The van der Waals surface area contributed by atoms with Crippen LogP contribution in [0.25, 0.3) is 0 Å². The number of carboxylic acids is 1. The number of carbonyl (C=O) groups excluding carboxylic acids is 2. The van der Waals surface area contributed by atoms with Gasteiger partial charge in [0, 0.05) is 26.1 Å². The highest BCUT2D eigenvalue weighted by Crippen LogP contribution is 2.29. The summed E-state index contributed by atoms with van der Waals surface area (Å²) in [6.07, 6.45) is 1.34. The zero-order chi connectivity index (χ0) is 15.5. The van der Waals surface area contributed by atoms with Crippen LogP contribution >= 0.6 is 0 Å². The molecule has 1 unspecified atom stereocenters. The molecule has 0 radical (unpaired) electrons. The Labute approximate surface area is 119 Å². The van der Waals surface area contributed by atoms with Crippen molar-refractivity contribution in [2.45, 2.75) is 46.6 Å². The van der Waals surface area contributed by atoms with Gasteiger partial charge in [0.1, 0.15) is 5.92 Å². The van der Waals surface area contributed by atoms with Gasteiger partial charge in [-0.1, -0.05) is 20.8 Å². The molecule has 2 N–H and O–H groups in total. The first-order valence-corrected chi connectivity index (χ1v) is 6.91. The number of rotatable bonds is 3. The summed E-state index contributed by atoms with van der Waals surface area (Å²) < 4.78 is 0. The topological polar surface area (TPSA) is 86.7 Å². The molecule has 0 aromatic heterocycles. The second kappa shape index (κ2) is 6.24. The van der Waals surface area contributed by atoms with Crippen LogP contribution in [0.15, 0.2) is 0 Å². The summed E-state index contributed by atoms with van der Waals surface area (Å²) >= 11 is 0. The van der Waals surface area contributed by atoms with Gasteiger partial charge in [-0.2, -0.15) is 0 Å². The number of carboxylic acid groups (broad SMARTS) is 1. The maximum absolute atomic E-state index is 12.4. The van der Waals surface area contributed by atoms with Gasteiger partial charge in [0.15, 0.2) is 0 Å². The summed E-state index contributed by atoms with van der Waals surface area (Å²) in [7, 11) is 0. The Kier molecular flexibility index (Phi) is 5.14. The predicted molar refractivity (Wildman–Crippen MR) is 74.0 cm³/mol. The number of hydrogen-bond donors (Lipinski definition) is 2. The lowest BCUT2D eigenvalue weighted by Gasteiger charge is -2.36. The number of piperidine rings is 1. The van der Waals surface area contributed by atoms with Crippen LogP contribution in [0.1, 0.15) is 40.5 Å². The summed E-state index contributed by atoms with van der Waals surface area (Å²) in [6.45, 7) is 7.72. The molecule has 0 aromatic carbocycles. The first-order valence-electron chi connectivity index (χ1n) is 6.91. The molecule has 2 amide bonds. The van der Waals surface area contributed by atoms with Crippen LogP contribution in [0.3, 0.4) is 0 Å². The smallest absolute Gasteiger partial charge is 0.316 e. The van der Waals surface area contributed by atoms with E-state index in [-0.39, 0.29) is 17.9 Å². The molecule has 1 heterocycles. The Hall–Kier alpha value is -1.59. The molecule has 0 bridgehead atoms. The Morgan fingerprint density at radius 2 is 1.70 bits per heavy atom. The second-order valence-corrected chi connectivity index (χ2v) is 6.44. The van der Waals surface area contributed by atoms with E-state index in [9.17, 15) is 19.5 Å². The van der Waals surface area contributed by atoms with Crippen molar-refractivity contribution in [1.29, 1.82) is 0 Å². The van der Waals surface area contributed by atoms with Crippen molar-refractivity contribution in [3.8, 4) is 0 Å². The monoisotopic (exact) mass is 284 g/mol. The van der Waals surface area contributed by atoms with E-state index in [1.165, 1.54) is 6.92 Å². The minimum atomic E-state index is -1.08. The number of carbonyl (C=O) groups is 3. The third-order valence-electron chi connectivity index (χ3n) is 3.57. The lowest BCUT2D eigenvalue weighted by molar-refractivity contribution is -0.156. The van der Waals surface area contributed by atoms with Crippen LogP contribution in [0, 0.1) is 11.3 Å².